The topological polar surface area (TPSA) is 58.9 Å². The van der Waals surface area contributed by atoms with Gasteiger partial charge in [0.1, 0.15) is 11.6 Å². The summed E-state index contributed by atoms with van der Waals surface area (Å²) in [6.45, 7) is 0.627. The quantitative estimate of drug-likeness (QED) is 0.502. The monoisotopic (exact) mass is 396 g/mol. The standard InChI is InChI=1S/C20H18ClFN6/c1-27(12-13-3-5-14(22)6-4-13)20-25-16-11-15(7-8-17(16)28(20)2)24-18-9-10-23-19(21)26-18/h3-11H,12H2,1-2H3,(H,23,24,26). The molecule has 8 heteroatoms. The average molecular weight is 397 g/mol. The summed E-state index contributed by atoms with van der Waals surface area (Å²) in [5.41, 5.74) is 3.73. The van der Waals surface area contributed by atoms with Crippen molar-refractivity contribution >= 4 is 40.1 Å². The first-order chi connectivity index (χ1) is 13.5. The predicted octanol–water partition coefficient (Wildman–Crippen LogP) is 4.54. The Morgan fingerprint density at radius 2 is 1.89 bits per heavy atom. The van der Waals surface area contributed by atoms with Gasteiger partial charge in [0, 0.05) is 32.5 Å². The number of hydrogen-bond acceptors (Lipinski definition) is 5. The molecule has 4 rings (SSSR count). The van der Waals surface area contributed by atoms with E-state index in [4.69, 9.17) is 16.6 Å². The molecule has 0 unspecified atom stereocenters. The van der Waals surface area contributed by atoms with Crippen LogP contribution in [0.1, 0.15) is 5.56 Å². The van der Waals surface area contributed by atoms with Gasteiger partial charge in [-0.2, -0.15) is 0 Å². The van der Waals surface area contributed by atoms with E-state index in [1.807, 2.05) is 41.8 Å². The van der Waals surface area contributed by atoms with Crippen molar-refractivity contribution in [1.29, 1.82) is 0 Å². The molecule has 4 aromatic rings. The van der Waals surface area contributed by atoms with E-state index in [1.54, 1.807) is 24.4 Å². The zero-order valence-corrected chi connectivity index (χ0v) is 16.2. The third-order valence-electron chi connectivity index (χ3n) is 4.43. The van der Waals surface area contributed by atoms with Crippen molar-refractivity contribution in [3.63, 3.8) is 0 Å². The van der Waals surface area contributed by atoms with E-state index in [0.717, 1.165) is 28.2 Å². The molecular weight excluding hydrogens is 379 g/mol. The van der Waals surface area contributed by atoms with Gasteiger partial charge in [0.05, 0.1) is 11.0 Å². The number of halogens is 2. The van der Waals surface area contributed by atoms with E-state index in [0.29, 0.717) is 12.4 Å². The zero-order chi connectivity index (χ0) is 19.7. The average Bonchev–Trinajstić information content (AvgIpc) is 3.00. The van der Waals surface area contributed by atoms with Gasteiger partial charge in [-0.15, -0.1) is 0 Å². The molecule has 0 saturated carbocycles. The third-order valence-corrected chi connectivity index (χ3v) is 4.61. The summed E-state index contributed by atoms with van der Waals surface area (Å²) in [7, 11) is 3.94. The van der Waals surface area contributed by atoms with Crippen LogP contribution in [0.15, 0.2) is 54.7 Å². The molecule has 0 amide bonds. The second-order valence-corrected chi connectivity index (χ2v) is 6.83. The van der Waals surface area contributed by atoms with Gasteiger partial charge in [0.15, 0.2) is 0 Å². The predicted molar refractivity (Wildman–Crippen MR) is 110 cm³/mol. The number of anilines is 3. The first kappa shape index (κ1) is 18.2. The normalized spacial score (nSPS) is 11.0. The summed E-state index contributed by atoms with van der Waals surface area (Å²) < 4.78 is 15.1. The molecule has 1 N–H and O–H groups in total. The Hall–Kier alpha value is -3.19. The minimum Gasteiger partial charge on any atom is -0.341 e. The second-order valence-electron chi connectivity index (χ2n) is 6.49. The van der Waals surface area contributed by atoms with Crippen molar-refractivity contribution < 1.29 is 4.39 Å². The number of rotatable bonds is 5. The van der Waals surface area contributed by atoms with Gasteiger partial charge in [-0.05, 0) is 53.6 Å². The molecular formula is C20H18ClFN6. The van der Waals surface area contributed by atoms with E-state index in [1.165, 1.54) is 12.1 Å². The minimum absolute atomic E-state index is 0.189. The van der Waals surface area contributed by atoms with E-state index >= 15 is 0 Å². The number of imidazole rings is 1. The van der Waals surface area contributed by atoms with Gasteiger partial charge in [0.2, 0.25) is 11.2 Å². The highest BCUT2D eigenvalue weighted by atomic mass is 35.5. The Labute approximate surface area is 166 Å². The van der Waals surface area contributed by atoms with E-state index in [9.17, 15) is 4.39 Å². The first-order valence-electron chi connectivity index (χ1n) is 8.67. The lowest BCUT2D eigenvalue weighted by molar-refractivity contribution is 0.626. The molecule has 0 saturated heterocycles. The van der Waals surface area contributed by atoms with Crippen molar-refractivity contribution in [2.45, 2.75) is 6.54 Å². The summed E-state index contributed by atoms with van der Waals surface area (Å²) in [5.74, 6) is 1.20. The summed E-state index contributed by atoms with van der Waals surface area (Å²) in [6.07, 6.45) is 1.60. The Kier molecular flexibility index (Phi) is 4.83. The van der Waals surface area contributed by atoms with Gasteiger partial charge in [0.25, 0.3) is 0 Å². The number of hydrogen-bond donors (Lipinski definition) is 1. The molecule has 0 aliphatic rings. The van der Waals surface area contributed by atoms with E-state index < -0.39 is 0 Å². The fraction of sp³-hybridized carbons (Fsp3) is 0.150. The summed E-state index contributed by atoms with van der Waals surface area (Å²) in [5, 5.41) is 3.39. The second kappa shape index (κ2) is 7.44. The van der Waals surface area contributed by atoms with Crippen molar-refractivity contribution in [1.82, 2.24) is 19.5 Å². The van der Waals surface area contributed by atoms with Crippen LogP contribution < -0.4 is 10.2 Å². The van der Waals surface area contributed by atoms with Crippen LogP contribution in [0.25, 0.3) is 11.0 Å². The molecule has 0 spiro atoms. The molecule has 2 aromatic carbocycles. The molecule has 0 aliphatic carbocycles. The third kappa shape index (κ3) is 3.75. The molecule has 0 atom stereocenters. The number of aryl methyl sites for hydroxylation is 1. The first-order valence-corrected chi connectivity index (χ1v) is 9.05. The van der Waals surface area contributed by atoms with Gasteiger partial charge < -0.3 is 14.8 Å². The summed E-state index contributed by atoms with van der Waals surface area (Å²) >= 11 is 5.84. The Balaban J connectivity index is 1.59. The van der Waals surface area contributed by atoms with Crippen molar-refractivity contribution in [2.75, 3.05) is 17.3 Å². The van der Waals surface area contributed by atoms with Gasteiger partial charge in [-0.25, -0.2) is 19.3 Å². The van der Waals surface area contributed by atoms with E-state index in [-0.39, 0.29) is 11.1 Å². The Morgan fingerprint density at radius 3 is 2.64 bits per heavy atom. The van der Waals surface area contributed by atoms with Crippen LogP contribution in [0.2, 0.25) is 5.28 Å². The highest BCUT2D eigenvalue weighted by Crippen LogP contribution is 2.26. The van der Waals surface area contributed by atoms with Gasteiger partial charge in [-0.3, -0.25) is 0 Å². The maximum absolute atomic E-state index is 13.1. The van der Waals surface area contributed by atoms with Crippen LogP contribution in [0.4, 0.5) is 21.8 Å². The lowest BCUT2D eigenvalue weighted by Gasteiger charge is -2.18. The molecule has 2 aromatic heterocycles. The van der Waals surface area contributed by atoms with Crippen LogP contribution in [0.3, 0.4) is 0 Å². The number of nitrogens with one attached hydrogen (secondary N) is 1. The van der Waals surface area contributed by atoms with Gasteiger partial charge >= 0.3 is 0 Å². The smallest absolute Gasteiger partial charge is 0.224 e. The lowest BCUT2D eigenvalue weighted by atomic mass is 10.2. The molecule has 28 heavy (non-hydrogen) atoms. The SMILES string of the molecule is CN(Cc1ccc(F)cc1)c1nc2cc(Nc3ccnc(Cl)n3)ccc2n1C. The molecule has 0 bridgehead atoms. The minimum atomic E-state index is -0.237. The highest BCUT2D eigenvalue weighted by molar-refractivity contribution is 6.28. The molecule has 0 fully saturated rings. The number of benzene rings is 2. The Morgan fingerprint density at radius 1 is 1.11 bits per heavy atom. The molecule has 0 aliphatic heterocycles. The van der Waals surface area contributed by atoms with Crippen LogP contribution >= 0.6 is 11.6 Å². The van der Waals surface area contributed by atoms with Crippen LogP contribution in [0.5, 0.6) is 0 Å². The fourth-order valence-corrected chi connectivity index (χ4v) is 3.24. The van der Waals surface area contributed by atoms with Crippen LogP contribution in [-0.2, 0) is 13.6 Å². The van der Waals surface area contributed by atoms with Crippen molar-refractivity contribution in [3.05, 3.63) is 71.4 Å². The summed E-state index contributed by atoms with van der Waals surface area (Å²) in [4.78, 5) is 14.8. The highest BCUT2D eigenvalue weighted by Gasteiger charge is 2.13. The van der Waals surface area contributed by atoms with Crippen molar-refractivity contribution in [2.24, 2.45) is 7.05 Å². The molecule has 0 radical (unpaired) electrons. The van der Waals surface area contributed by atoms with Crippen LogP contribution in [-0.4, -0.2) is 26.6 Å². The zero-order valence-electron chi connectivity index (χ0n) is 15.4. The molecule has 2 heterocycles. The maximum atomic E-state index is 13.1. The summed E-state index contributed by atoms with van der Waals surface area (Å²) in [6, 6.07) is 14.2. The largest absolute Gasteiger partial charge is 0.341 e. The van der Waals surface area contributed by atoms with Gasteiger partial charge in [-0.1, -0.05) is 12.1 Å². The van der Waals surface area contributed by atoms with Crippen molar-refractivity contribution in [3.8, 4) is 0 Å². The molecule has 6 nitrogen and oxygen atoms in total. The number of nitrogens with zero attached hydrogens (tertiary/aromatic N) is 5. The number of aromatic nitrogens is 4. The maximum Gasteiger partial charge on any atom is 0.224 e. The fourth-order valence-electron chi connectivity index (χ4n) is 3.09. The van der Waals surface area contributed by atoms with E-state index in [2.05, 4.69) is 15.3 Å². The lowest BCUT2D eigenvalue weighted by Crippen LogP contribution is -2.19. The van der Waals surface area contributed by atoms with Crippen LogP contribution in [0, 0.1) is 5.82 Å². The molecule has 142 valence electrons. The number of fused-ring (bicyclic) bond motifs is 1. The Bertz CT molecular complexity index is 1130.